The lowest BCUT2D eigenvalue weighted by molar-refractivity contribution is 0.348. The molecule has 20 heavy (non-hydrogen) atoms. The summed E-state index contributed by atoms with van der Waals surface area (Å²) in [6.45, 7) is 4.16. The van der Waals surface area contributed by atoms with Gasteiger partial charge in [-0.1, -0.05) is 25.1 Å². The normalized spacial score (nSPS) is 23.1. The van der Waals surface area contributed by atoms with E-state index in [9.17, 15) is 0 Å². The summed E-state index contributed by atoms with van der Waals surface area (Å²) in [5, 5.41) is 4.43. The van der Waals surface area contributed by atoms with Crippen molar-refractivity contribution in [3.05, 3.63) is 29.3 Å². The van der Waals surface area contributed by atoms with E-state index in [2.05, 4.69) is 54.0 Å². The fourth-order valence-electron chi connectivity index (χ4n) is 2.93. The van der Waals surface area contributed by atoms with Crippen molar-refractivity contribution in [2.24, 2.45) is 0 Å². The van der Waals surface area contributed by atoms with E-state index in [1.807, 2.05) is 0 Å². The molecule has 2 unspecified atom stereocenters. The summed E-state index contributed by atoms with van der Waals surface area (Å²) >= 11 is 4.21. The molecule has 110 valence electrons. The van der Waals surface area contributed by atoms with Gasteiger partial charge in [-0.05, 0) is 18.5 Å². The Balaban J connectivity index is 1.86. The van der Waals surface area contributed by atoms with Crippen LogP contribution in [0.3, 0.4) is 0 Å². The molecular formula is C16H23NOS2. The van der Waals surface area contributed by atoms with Gasteiger partial charge in [-0.25, -0.2) is 0 Å². The van der Waals surface area contributed by atoms with Crippen molar-refractivity contribution in [2.75, 3.05) is 30.4 Å². The highest BCUT2D eigenvalue weighted by Gasteiger charge is 2.29. The molecule has 1 saturated heterocycles. The summed E-state index contributed by atoms with van der Waals surface area (Å²) in [5.41, 5.74) is 2.77. The van der Waals surface area contributed by atoms with Crippen LogP contribution >= 0.6 is 23.5 Å². The summed E-state index contributed by atoms with van der Waals surface area (Å²) in [6.07, 6.45) is 2.24. The van der Waals surface area contributed by atoms with E-state index in [-0.39, 0.29) is 0 Å². The van der Waals surface area contributed by atoms with Crippen molar-refractivity contribution < 1.29 is 4.74 Å². The first kappa shape index (κ1) is 14.6. The zero-order valence-electron chi connectivity index (χ0n) is 12.1. The second kappa shape index (κ2) is 7.10. The van der Waals surface area contributed by atoms with Crippen LogP contribution in [0.15, 0.2) is 18.2 Å². The number of hydrogen-bond donors (Lipinski definition) is 1. The largest absolute Gasteiger partial charge is 0.493 e. The molecule has 2 aliphatic heterocycles. The lowest BCUT2D eigenvalue weighted by Crippen LogP contribution is -2.34. The second-order valence-electron chi connectivity index (χ2n) is 5.35. The van der Waals surface area contributed by atoms with Gasteiger partial charge >= 0.3 is 0 Å². The molecule has 2 nitrogen and oxygen atoms in total. The van der Waals surface area contributed by atoms with Crippen LogP contribution in [0.4, 0.5) is 0 Å². The summed E-state index contributed by atoms with van der Waals surface area (Å²) in [6, 6.07) is 7.10. The molecule has 0 amide bonds. The lowest BCUT2D eigenvalue weighted by Gasteiger charge is -2.31. The van der Waals surface area contributed by atoms with Gasteiger partial charge in [0.05, 0.1) is 6.61 Å². The molecule has 2 aliphatic rings. The average Bonchev–Trinajstić information content (AvgIpc) is 2.98. The standard InChI is InChI=1S/C16H23NOS2/c1-2-7-17-15(14-11-19-9-10-20-14)13-5-3-4-12-6-8-18-16(12)13/h3-5,14-15,17H,2,6-11H2,1H3. The highest BCUT2D eigenvalue weighted by atomic mass is 32.2. The Morgan fingerprint density at radius 3 is 3.15 bits per heavy atom. The fraction of sp³-hybridized carbons (Fsp3) is 0.625. The van der Waals surface area contributed by atoms with Crippen LogP contribution in [0, 0.1) is 0 Å². The molecule has 1 fully saturated rings. The van der Waals surface area contributed by atoms with E-state index < -0.39 is 0 Å². The molecule has 1 N–H and O–H groups in total. The van der Waals surface area contributed by atoms with Gasteiger partial charge in [0.15, 0.2) is 0 Å². The Labute approximate surface area is 130 Å². The number of ether oxygens (including phenoxy) is 1. The maximum atomic E-state index is 5.93. The van der Waals surface area contributed by atoms with Crippen molar-refractivity contribution in [3.8, 4) is 5.75 Å². The van der Waals surface area contributed by atoms with Gasteiger partial charge in [0.2, 0.25) is 0 Å². The first-order chi connectivity index (χ1) is 9.90. The minimum Gasteiger partial charge on any atom is -0.493 e. The first-order valence-corrected chi connectivity index (χ1v) is 9.78. The van der Waals surface area contributed by atoms with Crippen LogP contribution < -0.4 is 10.1 Å². The molecule has 1 aromatic carbocycles. The number of para-hydroxylation sites is 1. The molecule has 0 aliphatic carbocycles. The summed E-state index contributed by atoms with van der Waals surface area (Å²) < 4.78 is 5.93. The zero-order chi connectivity index (χ0) is 13.8. The highest BCUT2D eigenvalue weighted by molar-refractivity contribution is 8.06. The molecule has 2 atom stereocenters. The van der Waals surface area contributed by atoms with E-state index in [0.29, 0.717) is 11.3 Å². The van der Waals surface area contributed by atoms with Crippen LogP contribution in [0.5, 0.6) is 5.75 Å². The van der Waals surface area contributed by atoms with Gasteiger partial charge in [0.1, 0.15) is 5.75 Å². The van der Waals surface area contributed by atoms with Crippen molar-refractivity contribution in [3.63, 3.8) is 0 Å². The number of hydrogen-bond acceptors (Lipinski definition) is 4. The van der Waals surface area contributed by atoms with Crippen molar-refractivity contribution in [1.82, 2.24) is 5.32 Å². The van der Waals surface area contributed by atoms with Crippen molar-refractivity contribution in [1.29, 1.82) is 0 Å². The smallest absolute Gasteiger partial charge is 0.127 e. The molecule has 0 spiro atoms. The summed E-state index contributed by atoms with van der Waals surface area (Å²) in [4.78, 5) is 0. The van der Waals surface area contributed by atoms with Gasteiger partial charge in [0, 0.05) is 40.5 Å². The minimum atomic E-state index is 0.431. The van der Waals surface area contributed by atoms with Gasteiger partial charge < -0.3 is 10.1 Å². The van der Waals surface area contributed by atoms with Gasteiger partial charge in [-0.2, -0.15) is 23.5 Å². The monoisotopic (exact) mass is 309 g/mol. The molecular weight excluding hydrogens is 286 g/mol. The molecule has 0 aromatic heterocycles. The second-order valence-corrected chi connectivity index (χ2v) is 7.85. The first-order valence-electron chi connectivity index (χ1n) is 7.57. The van der Waals surface area contributed by atoms with Crippen LogP contribution in [0.1, 0.15) is 30.5 Å². The van der Waals surface area contributed by atoms with E-state index in [0.717, 1.165) is 25.3 Å². The third kappa shape index (κ3) is 3.12. The maximum absolute atomic E-state index is 5.93. The molecule has 1 aromatic rings. The summed E-state index contributed by atoms with van der Waals surface area (Å²) in [7, 11) is 0. The highest BCUT2D eigenvalue weighted by Crippen LogP contribution is 2.40. The number of thioether (sulfide) groups is 2. The van der Waals surface area contributed by atoms with Crippen molar-refractivity contribution >= 4 is 23.5 Å². The molecule has 0 bridgehead atoms. The molecule has 0 radical (unpaired) electrons. The number of fused-ring (bicyclic) bond motifs is 1. The van der Waals surface area contributed by atoms with Crippen molar-refractivity contribution in [2.45, 2.75) is 31.1 Å². The maximum Gasteiger partial charge on any atom is 0.127 e. The Bertz CT molecular complexity index is 446. The lowest BCUT2D eigenvalue weighted by atomic mass is 9.99. The van der Waals surface area contributed by atoms with E-state index >= 15 is 0 Å². The number of rotatable bonds is 5. The zero-order valence-corrected chi connectivity index (χ0v) is 13.7. The quantitative estimate of drug-likeness (QED) is 0.898. The van der Waals surface area contributed by atoms with Gasteiger partial charge in [-0.3, -0.25) is 0 Å². The molecule has 4 heteroatoms. The third-order valence-corrected chi connectivity index (χ3v) is 6.77. The third-order valence-electron chi connectivity index (χ3n) is 3.91. The Morgan fingerprint density at radius 2 is 2.35 bits per heavy atom. The van der Waals surface area contributed by atoms with Crippen LogP contribution in [0.25, 0.3) is 0 Å². The van der Waals surface area contributed by atoms with Crippen LogP contribution in [-0.4, -0.2) is 35.7 Å². The topological polar surface area (TPSA) is 21.3 Å². The minimum absolute atomic E-state index is 0.431. The molecule has 2 heterocycles. The number of benzene rings is 1. The van der Waals surface area contributed by atoms with Gasteiger partial charge in [-0.15, -0.1) is 0 Å². The Morgan fingerprint density at radius 1 is 1.40 bits per heavy atom. The van der Waals surface area contributed by atoms with E-state index in [4.69, 9.17) is 4.74 Å². The van der Waals surface area contributed by atoms with Crippen LogP contribution in [0.2, 0.25) is 0 Å². The van der Waals surface area contributed by atoms with E-state index in [1.54, 1.807) is 0 Å². The Kier molecular flexibility index (Phi) is 5.19. The van der Waals surface area contributed by atoms with Gasteiger partial charge in [0.25, 0.3) is 0 Å². The predicted molar refractivity (Wildman–Crippen MR) is 90.2 cm³/mol. The number of nitrogens with one attached hydrogen (secondary N) is 1. The predicted octanol–water partition coefficient (Wildman–Crippen LogP) is 3.51. The molecule has 0 saturated carbocycles. The van der Waals surface area contributed by atoms with E-state index in [1.165, 1.54) is 34.8 Å². The Hall–Kier alpha value is -0.320. The van der Waals surface area contributed by atoms with Crippen LogP contribution in [-0.2, 0) is 6.42 Å². The summed E-state index contributed by atoms with van der Waals surface area (Å²) in [5.74, 6) is 4.98. The molecule has 3 rings (SSSR count). The fourth-order valence-corrected chi connectivity index (χ4v) is 5.78. The SMILES string of the molecule is CCCNC(c1cccc2c1OCC2)C1CSCCS1. The average molecular weight is 310 g/mol.